The zero-order valence-corrected chi connectivity index (χ0v) is 9.96. The lowest BCUT2D eigenvalue weighted by Crippen LogP contribution is -2.34. The predicted octanol–water partition coefficient (Wildman–Crippen LogP) is -0.0253. The summed E-state index contributed by atoms with van der Waals surface area (Å²) in [5.74, 6) is -0.843. The first-order chi connectivity index (χ1) is 8.54. The van der Waals surface area contributed by atoms with Crippen molar-refractivity contribution in [2.45, 2.75) is 19.6 Å². The van der Waals surface area contributed by atoms with E-state index in [2.05, 4.69) is 0 Å². The number of benzene rings is 1. The number of primary amides is 1. The molecule has 0 aliphatic carbocycles. The molecule has 0 aliphatic heterocycles. The van der Waals surface area contributed by atoms with Gasteiger partial charge < -0.3 is 20.3 Å². The number of ether oxygens (including phenoxy) is 2. The van der Waals surface area contributed by atoms with Gasteiger partial charge >= 0.3 is 5.97 Å². The van der Waals surface area contributed by atoms with Gasteiger partial charge in [-0.3, -0.25) is 9.59 Å². The van der Waals surface area contributed by atoms with Crippen LogP contribution in [0.5, 0.6) is 5.75 Å². The maximum absolute atomic E-state index is 10.9. The van der Waals surface area contributed by atoms with E-state index in [1.54, 1.807) is 24.3 Å². The molecule has 0 aliphatic rings. The Hall–Kier alpha value is -1.92. The van der Waals surface area contributed by atoms with Gasteiger partial charge in [0.1, 0.15) is 5.75 Å². The summed E-state index contributed by atoms with van der Waals surface area (Å²) in [7, 11) is 0. The van der Waals surface area contributed by atoms with Gasteiger partial charge in [0, 0.05) is 12.5 Å². The van der Waals surface area contributed by atoms with Gasteiger partial charge in [-0.2, -0.15) is 0 Å². The molecule has 1 amide bonds. The summed E-state index contributed by atoms with van der Waals surface area (Å²) in [6.45, 7) is 0.806. The topological polar surface area (TPSA) is 98.8 Å². The number of hydrogen-bond acceptors (Lipinski definition) is 5. The number of carbonyl (C=O) groups excluding carboxylic acids is 2. The van der Waals surface area contributed by atoms with Crippen LogP contribution < -0.4 is 10.5 Å². The minimum absolute atomic E-state index is 0.0115. The van der Waals surface area contributed by atoms with Crippen LogP contribution in [0.4, 0.5) is 0 Å². The van der Waals surface area contributed by atoms with Crippen LogP contribution in [-0.4, -0.2) is 29.7 Å². The molecule has 1 atom stereocenters. The van der Waals surface area contributed by atoms with Crippen molar-refractivity contribution in [2.75, 3.05) is 6.61 Å². The number of nitrogens with two attached hydrogens (primary N) is 1. The first-order valence-corrected chi connectivity index (χ1v) is 5.32. The molecule has 18 heavy (non-hydrogen) atoms. The van der Waals surface area contributed by atoms with Crippen molar-refractivity contribution in [1.82, 2.24) is 0 Å². The third-order valence-electron chi connectivity index (χ3n) is 2.15. The molecular formula is C12H15NO5. The minimum Gasteiger partial charge on any atom is -0.426 e. The molecule has 1 rings (SSSR count). The molecule has 0 heterocycles. The Morgan fingerprint density at radius 3 is 2.61 bits per heavy atom. The Morgan fingerprint density at radius 2 is 2.06 bits per heavy atom. The van der Waals surface area contributed by atoms with Crippen LogP contribution >= 0.6 is 0 Å². The van der Waals surface area contributed by atoms with E-state index in [0.717, 1.165) is 0 Å². The fraction of sp³-hybridized carbons (Fsp3) is 0.333. The second-order valence-corrected chi connectivity index (χ2v) is 3.59. The van der Waals surface area contributed by atoms with Crippen LogP contribution in [0.1, 0.15) is 12.5 Å². The number of aliphatic hydroxyl groups is 1. The van der Waals surface area contributed by atoms with Crippen molar-refractivity contribution in [1.29, 1.82) is 0 Å². The van der Waals surface area contributed by atoms with Crippen LogP contribution in [0.3, 0.4) is 0 Å². The van der Waals surface area contributed by atoms with Crippen molar-refractivity contribution in [3.8, 4) is 5.75 Å². The molecule has 6 heteroatoms. The number of hydrogen-bond donors (Lipinski definition) is 2. The third-order valence-corrected chi connectivity index (χ3v) is 2.15. The summed E-state index contributed by atoms with van der Waals surface area (Å²) in [6.07, 6.45) is -1.07. The second-order valence-electron chi connectivity index (χ2n) is 3.59. The van der Waals surface area contributed by atoms with E-state index in [0.29, 0.717) is 11.3 Å². The lowest BCUT2D eigenvalue weighted by molar-refractivity contribution is -0.134. The molecule has 0 aromatic heterocycles. The van der Waals surface area contributed by atoms with Crippen molar-refractivity contribution in [3.63, 3.8) is 0 Å². The summed E-state index contributed by atoms with van der Waals surface area (Å²) in [5.41, 5.74) is 5.61. The summed E-state index contributed by atoms with van der Waals surface area (Å²) in [6, 6.07) is 6.75. The monoisotopic (exact) mass is 253 g/mol. The fourth-order valence-electron chi connectivity index (χ4n) is 1.29. The van der Waals surface area contributed by atoms with Crippen LogP contribution in [-0.2, 0) is 20.9 Å². The molecule has 0 bridgehead atoms. The van der Waals surface area contributed by atoms with Crippen LogP contribution in [0.15, 0.2) is 24.3 Å². The SMILES string of the molecule is CC(=O)Oc1ccccc1COC(CO)C(N)=O. The lowest BCUT2D eigenvalue weighted by atomic mass is 10.2. The molecule has 1 aromatic carbocycles. The van der Waals surface area contributed by atoms with Crippen molar-refractivity contribution in [3.05, 3.63) is 29.8 Å². The largest absolute Gasteiger partial charge is 0.426 e. The fourth-order valence-corrected chi connectivity index (χ4v) is 1.29. The first kappa shape index (κ1) is 14.1. The Labute approximate surface area is 104 Å². The highest BCUT2D eigenvalue weighted by molar-refractivity contribution is 5.78. The zero-order chi connectivity index (χ0) is 13.5. The van der Waals surface area contributed by atoms with Gasteiger partial charge in [0.05, 0.1) is 13.2 Å². The molecule has 0 radical (unpaired) electrons. The molecule has 1 aromatic rings. The number of esters is 1. The van der Waals surface area contributed by atoms with Gasteiger partial charge in [0.15, 0.2) is 6.10 Å². The molecule has 0 spiro atoms. The number of para-hydroxylation sites is 1. The van der Waals surface area contributed by atoms with Gasteiger partial charge in [0.25, 0.3) is 0 Å². The molecule has 0 saturated carbocycles. The average molecular weight is 253 g/mol. The van der Waals surface area contributed by atoms with E-state index < -0.39 is 24.6 Å². The van der Waals surface area contributed by atoms with E-state index in [4.69, 9.17) is 20.3 Å². The quantitative estimate of drug-likeness (QED) is 0.548. The highest BCUT2D eigenvalue weighted by Crippen LogP contribution is 2.19. The average Bonchev–Trinajstić information content (AvgIpc) is 2.30. The maximum atomic E-state index is 10.9. The Kier molecular flexibility index (Phi) is 5.29. The number of rotatable bonds is 6. The van der Waals surface area contributed by atoms with Crippen molar-refractivity contribution in [2.24, 2.45) is 5.73 Å². The van der Waals surface area contributed by atoms with Crippen LogP contribution in [0, 0.1) is 0 Å². The van der Waals surface area contributed by atoms with E-state index >= 15 is 0 Å². The molecule has 0 saturated heterocycles. The van der Waals surface area contributed by atoms with Crippen LogP contribution in [0.25, 0.3) is 0 Å². The Bertz CT molecular complexity index is 432. The molecule has 6 nitrogen and oxygen atoms in total. The lowest BCUT2D eigenvalue weighted by Gasteiger charge is -2.13. The number of aliphatic hydroxyl groups excluding tert-OH is 1. The number of carbonyl (C=O) groups is 2. The van der Waals surface area contributed by atoms with E-state index in [1.165, 1.54) is 6.92 Å². The van der Waals surface area contributed by atoms with Crippen molar-refractivity contribution >= 4 is 11.9 Å². The molecule has 1 unspecified atom stereocenters. The van der Waals surface area contributed by atoms with Gasteiger partial charge in [-0.05, 0) is 6.07 Å². The smallest absolute Gasteiger partial charge is 0.308 e. The second kappa shape index (κ2) is 6.73. The van der Waals surface area contributed by atoms with E-state index in [1.807, 2.05) is 0 Å². The maximum Gasteiger partial charge on any atom is 0.308 e. The zero-order valence-electron chi connectivity index (χ0n) is 9.96. The van der Waals surface area contributed by atoms with Gasteiger partial charge in [0.2, 0.25) is 5.91 Å². The highest BCUT2D eigenvalue weighted by Gasteiger charge is 2.15. The predicted molar refractivity (Wildman–Crippen MR) is 62.6 cm³/mol. The summed E-state index contributed by atoms with van der Waals surface area (Å²) >= 11 is 0. The van der Waals surface area contributed by atoms with Crippen molar-refractivity contribution < 1.29 is 24.2 Å². The summed E-state index contributed by atoms with van der Waals surface area (Å²) < 4.78 is 10.1. The van der Waals surface area contributed by atoms with E-state index in [-0.39, 0.29) is 6.61 Å². The summed E-state index contributed by atoms with van der Waals surface area (Å²) in [4.78, 5) is 21.8. The molecule has 3 N–H and O–H groups in total. The molecule has 0 fully saturated rings. The Morgan fingerprint density at radius 1 is 1.39 bits per heavy atom. The minimum atomic E-state index is -1.07. The highest BCUT2D eigenvalue weighted by atomic mass is 16.5. The first-order valence-electron chi connectivity index (χ1n) is 5.32. The molecule has 98 valence electrons. The van der Waals surface area contributed by atoms with Crippen LogP contribution in [0.2, 0.25) is 0 Å². The summed E-state index contributed by atoms with van der Waals surface area (Å²) in [5, 5.41) is 8.88. The Balaban J connectivity index is 2.71. The normalized spacial score (nSPS) is 11.9. The van der Waals surface area contributed by atoms with E-state index in [9.17, 15) is 9.59 Å². The number of amides is 1. The molecular weight excluding hydrogens is 238 g/mol. The van der Waals surface area contributed by atoms with Gasteiger partial charge in [-0.1, -0.05) is 18.2 Å². The van der Waals surface area contributed by atoms with Gasteiger partial charge in [-0.15, -0.1) is 0 Å². The standard InChI is InChI=1S/C12H15NO5/c1-8(15)18-10-5-3-2-4-9(10)7-17-11(6-14)12(13)16/h2-5,11,14H,6-7H2,1H3,(H2,13,16). The van der Waals surface area contributed by atoms with Gasteiger partial charge in [-0.25, -0.2) is 0 Å². The third kappa shape index (κ3) is 4.15.